The molecule has 0 atom stereocenters. The van der Waals surface area contributed by atoms with Crippen LogP contribution in [-0.4, -0.2) is 60.3 Å². The van der Waals surface area contributed by atoms with Crippen LogP contribution in [0.2, 0.25) is 0 Å². The molecule has 3 rings (SSSR count). The van der Waals surface area contributed by atoms with Crippen molar-refractivity contribution in [3.63, 3.8) is 0 Å². The Balaban J connectivity index is 1.85. The van der Waals surface area contributed by atoms with E-state index in [2.05, 4.69) is 9.97 Å². The number of hydrogen-bond donors (Lipinski definition) is 0. The molecule has 0 bridgehead atoms. The van der Waals surface area contributed by atoms with Crippen molar-refractivity contribution in [2.75, 3.05) is 30.9 Å². The van der Waals surface area contributed by atoms with Crippen LogP contribution in [0.25, 0.3) is 0 Å². The smallest absolute Gasteiger partial charge is 0.416 e. The lowest BCUT2D eigenvalue weighted by atomic mass is 9.94. The van der Waals surface area contributed by atoms with E-state index in [1.165, 1.54) is 10.6 Å². The van der Waals surface area contributed by atoms with Gasteiger partial charge in [0.05, 0.1) is 11.8 Å². The summed E-state index contributed by atoms with van der Waals surface area (Å²) in [6.07, 6.45) is 2.25. The van der Waals surface area contributed by atoms with Crippen molar-refractivity contribution >= 4 is 21.9 Å². The highest BCUT2D eigenvalue weighted by Gasteiger charge is 2.42. The highest BCUT2D eigenvalue weighted by atomic mass is 32.2. The molecule has 2 aliphatic heterocycles. The highest BCUT2D eigenvalue weighted by molar-refractivity contribution is 7.88. The number of piperidine rings is 1. The lowest BCUT2D eigenvalue weighted by Crippen LogP contribution is -2.43. The first-order valence-corrected chi connectivity index (χ1v) is 10.2. The second-order valence-corrected chi connectivity index (χ2v) is 9.32. The monoisotopic (exact) mass is 368 g/mol. The summed E-state index contributed by atoms with van der Waals surface area (Å²) in [5.41, 5.74) is 0.389. The van der Waals surface area contributed by atoms with Gasteiger partial charge >= 0.3 is 6.09 Å². The number of carbonyl (C=O) groups excluding carboxylic acids is 1. The molecule has 1 aromatic heterocycles. The Kier molecular flexibility index (Phi) is 4.48. The maximum absolute atomic E-state index is 12.1. The van der Waals surface area contributed by atoms with Crippen molar-refractivity contribution < 1.29 is 17.9 Å². The lowest BCUT2D eigenvalue weighted by molar-refractivity contribution is 0.175. The van der Waals surface area contributed by atoms with Crippen LogP contribution in [0, 0.1) is 6.92 Å². The average molecular weight is 368 g/mol. The molecule has 0 spiro atoms. The minimum Gasteiger partial charge on any atom is -0.447 e. The molecule has 1 aromatic rings. The van der Waals surface area contributed by atoms with Gasteiger partial charge in [0.25, 0.3) is 0 Å². The molecular weight excluding hydrogens is 344 g/mol. The quantitative estimate of drug-likeness (QED) is 0.806. The van der Waals surface area contributed by atoms with Crippen LogP contribution in [-0.2, 0) is 14.8 Å². The molecule has 2 saturated heterocycles. The fourth-order valence-electron chi connectivity index (χ4n) is 3.40. The van der Waals surface area contributed by atoms with Crippen LogP contribution in [0.15, 0.2) is 6.07 Å². The van der Waals surface area contributed by atoms with Gasteiger partial charge in [-0.2, -0.15) is 0 Å². The number of anilines is 1. The van der Waals surface area contributed by atoms with E-state index in [1.54, 1.807) is 11.8 Å². The number of nitrogens with zero attached hydrogens (tertiary/aromatic N) is 4. The summed E-state index contributed by atoms with van der Waals surface area (Å²) in [6, 6.07) is 1.84. The van der Waals surface area contributed by atoms with Crippen LogP contribution in [0.3, 0.4) is 0 Å². The molecule has 0 saturated carbocycles. The maximum atomic E-state index is 12.1. The summed E-state index contributed by atoms with van der Waals surface area (Å²) in [6.45, 7) is 6.95. The Labute approximate surface area is 148 Å². The fraction of sp³-hybridized carbons (Fsp3) is 0.688. The molecular formula is C16H24N4O4S. The molecule has 9 heteroatoms. The zero-order valence-electron chi connectivity index (χ0n) is 15.0. The Morgan fingerprint density at radius 3 is 2.40 bits per heavy atom. The van der Waals surface area contributed by atoms with Crippen molar-refractivity contribution in [3.05, 3.63) is 17.6 Å². The van der Waals surface area contributed by atoms with Crippen LogP contribution in [0.5, 0.6) is 0 Å². The number of aryl methyl sites for hydroxylation is 1. The van der Waals surface area contributed by atoms with E-state index >= 15 is 0 Å². The van der Waals surface area contributed by atoms with E-state index in [4.69, 9.17) is 4.74 Å². The van der Waals surface area contributed by atoms with Crippen LogP contribution in [0.4, 0.5) is 10.6 Å². The molecule has 138 valence electrons. The largest absolute Gasteiger partial charge is 0.447 e. The van der Waals surface area contributed by atoms with Crippen molar-refractivity contribution in [2.45, 2.75) is 45.1 Å². The van der Waals surface area contributed by atoms with E-state index < -0.39 is 21.7 Å². The van der Waals surface area contributed by atoms with Crippen LogP contribution >= 0.6 is 0 Å². The Bertz CT molecular complexity index is 785. The summed E-state index contributed by atoms with van der Waals surface area (Å²) in [5, 5.41) is 0. The number of cyclic esters (lactones) is 1. The van der Waals surface area contributed by atoms with Gasteiger partial charge in [-0.05, 0) is 33.6 Å². The molecule has 0 aromatic carbocycles. The summed E-state index contributed by atoms with van der Waals surface area (Å²) < 4.78 is 30.0. The Morgan fingerprint density at radius 2 is 1.88 bits per heavy atom. The van der Waals surface area contributed by atoms with Gasteiger partial charge in [-0.15, -0.1) is 0 Å². The normalized spacial score (nSPS) is 22.2. The predicted octanol–water partition coefficient (Wildman–Crippen LogP) is 1.66. The third kappa shape index (κ3) is 3.62. The number of rotatable bonds is 3. The van der Waals surface area contributed by atoms with E-state index in [9.17, 15) is 13.2 Å². The molecule has 0 unspecified atom stereocenters. The summed E-state index contributed by atoms with van der Waals surface area (Å²) in [5.74, 6) is 1.29. The molecule has 8 nitrogen and oxygen atoms in total. The fourth-order valence-corrected chi connectivity index (χ4v) is 4.27. The molecule has 2 fully saturated rings. The molecule has 25 heavy (non-hydrogen) atoms. The second-order valence-electron chi connectivity index (χ2n) is 7.34. The lowest BCUT2D eigenvalue weighted by Gasteiger charge is -2.31. The number of aromatic nitrogens is 2. The van der Waals surface area contributed by atoms with Gasteiger partial charge in [-0.25, -0.2) is 27.5 Å². The minimum atomic E-state index is -3.15. The van der Waals surface area contributed by atoms with Gasteiger partial charge in [0, 0.05) is 30.8 Å². The van der Waals surface area contributed by atoms with E-state index in [0.29, 0.717) is 44.2 Å². The average Bonchev–Trinajstić information content (AvgIpc) is 2.79. The van der Waals surface area contributed by atoms with Crippen molar-refractivity contribution in [1.82, 2.24) is 14.3 Å². The number of sulfonamides is 1. The summed E-state index contributed by atoms with van der Waals surface area (Å²) >= 11 is 0. The SMILES string of the molecule is Cc1nc(C2CCN(S(C)(=O)=O)CC2)cc(N2C(=O)OCC2(C)C)n1. The molecule has 0 N–H and O–H groups in total. The number of carbonyl (C=O) groups is 1. The first-order valence-electron chi connectivity index (χ1n) is 8.35. The zero-order chi connectivity index (χ0) is 18.4. The molecule has 3 heterocycles. The Hall–Kier alpha value is -1.74. The van der Waals surface area contributed by atoms with E-state index in [-0.39, 0.29) is 5.92 Å². The van der Waals surface area contributed by atoms with Crippen molar-refractivity contribution in [3.8, 4) is 0 Å². The Morgan fingerprint density at radius 1 is 1.24 bits per heavy atom. The summed E-state index contributed by atoms with van der Waals surface area (Å²) in [4.78, 5) is 22.6. The van der Waals surface area contributed by atoms with Gasteiger partial charge in [0.15, 0.2) is 0 Å². The van der Waals surface area contributed by atoms with Crippen molar-refractivity contribution in [1.29, 1.82) is 0 Å². The third-order valence-electron chi connectivity index (χ3n) is 4.75. The van der Waals surface area contributed by atoms with Gasteiger partial charge in [-0.1, -0.05) is 0 Å². The first-order chi connectivity index (χ1) is 11.6. The highest BCUT2D eigenvalue weighted by Crippen LogP contribution is 2.33. The molecule has 0 radical (unpaired) electrons. The topological polar surface area (TPSA) is 92.7 Å². The predicted molar refractivity (Wildman–Crippen MR) is 93.1 cm³/mol. The number of hydrogen-bond acceptors (Lipinski definition) is 6. The van der Waals surface area contributed by atoms with Crippen LogP contribution < -0.4 is 4.90 Å². The maximum Gasteiger partial charge on any atom is 0.416 e. The van der Waals surface area contributed by atoms with E-state index in [0.717, 1.165) is 5.69 Å². The van der Waals surface area contributed by atoms with Crippen molar-refractivity contribution in [2.24, 2.45) is 0 Å². The third-order valence-corrected chi connectivity index (χ3v) is 6.05. The molecule has 2 aliphatic rings. The molecule has 0 aliphatic carbocycles. The number of ether oxygens (including phenoxy) is 1. The number of amides is 1. The minimum absolute atomic E-state index is 0.153. The van der Waals surface area contributed by atoms with Gasteiger partial charge in [0.2, 0.25) is 10.0 Å². The van der Waals surface area contributed by atoms with Gasteiger partial charge < -0.3 is 4.74 Å². The van der Waals surface area contributed by atoms with Gasteiger partial charge in [-0.3, -0.25) is 4.90 Å². The second kappa shape index (κ2) is 6.21. The van der Waals surface area contributed by atoms with Crippen LogP contribution in [0.1, 0.15) is 44.1 Å². The van der Waals surface area contributed by atoms with Gasteiger partial charge in [0.1, 0.15) is 18.2 Å². The first kappa shape index (κ1) is 18.1. The summed E-state index contributed by atoms with van der Waals surface area (Å²) in [7, 11) is -3.15. The standard InChI is InChI=1S/C16H24N4O4S/c1-11-17-13(12-5-7-19(8-6-12)25(4,22)23)9-14(18-11)20-15(21)24-10-16(20,2)3/h9,12H,5-8,10H2,1-4H3. The van der Waals surface area contributed by atoms with E-state index in [1.807, 2.05) is 19.9 Å². The molecule has 1 amide bonds. The zero-order valence-corrected chi connectivity index (χ0v) is 15.8.